The molecule has 0 spiro atoms. The van der Waals surface area contributed by atoms with Gasteiger partial charge in [-0.25, -0.2) is 0 Å². The van der Waals surface area contributed by atoms with Crippen LogP contribution in [-0.2, 0) is 11.3 Å². The number of aromatic hydroxyl groups is 1. The van der Waals surface area contributed by atoms with Crippen LogP contribution in [0.4, 0.5) is 0 Å². The molecule has 0 saturated carbocycles. The molecule has 1 atom stereocenters. The summed E-state index contributed by atoms with van der Waals surface area (Å²) >= 11 is 0. The van der Waals surface area contributed by atoms with Gasteiger partial charge in [0.15, 0.2) is 0 Å². The minimum absolute atomic E-state index is 0.282. The summed E-state index contributed by atoms with van der Waals surface area (Å²) in [5, 5.41) is 19.0. The zero-order chi connectivity index (χ0) is 13.3. The van der Waals surface area contributed by atoms with Gasteiger partial charge in [-0.05, 0) is 32.9 Å². The first-order valence-corrected chi connectivity index (χ1v) is 6.15. The number of carboxylic acids is 1. The van der Waals surface area contributed by atoms with Crippen molar-refractivity contribution in [3.05, 3.63) is 29.3 Å². The third-order valence-corrected chi connectivity index (χ3v) is 3.70. The van der Waals surface area contributed by atoms with Gasteiger partial charge >= 0.3 is 5.97 Å². The second kappa shape index (κ2) is 4.61. The van der Waals surface area contributed by atoms with E-state index >= 15 is 0 Å². The summed E-state index contributed by atoms with van der Waals surface area (Å²) in [6.07, 6.45) is 0.662. The second-order valence-corrected chi connectivity index (χ2v) is 5.46. The average Bonchev–Trinajstić information content (AvgIpc) is 2.67. The summed E-state index contributed by atoms with van der Waals surface area (Å²) in [4.78, 5) is 13.3. The molecule has 1 unspecified atom stereocenters. The van der Waals surface area contributed by atoms with Crippen molar-refractivity contribution in [1.29, 1.82) is 0 Å². The van der Waals surface area contributed by atoms with Gasteiger partial charge in [-0.15, -0.1) is 0 Å². The first-order valence-electron chi connectivity index (χ1n) is 6.15. The number of carbonyl (C=O) groups is 1. The van der Waals surface area contributed by atoms with Gasteiger partial charge in [0.05, 0.1) is 5.41 Å². The Hall–Kier alpha value is -1.55. The van der Waals surface area contributed by atoms with Crippen LogP contribution in [0.15, 0.2) is 18.2 Å². The molecule has 2 rings (SSSR count). The van der Waals surface area contributed by atoms with E-state index in [4.69, 9.17) is 0 Å². The fourth-order valence-corrected chi connectivity index (χ4v) is 2.45. The Balaban J connectivity index is 2.08. The van der Waals surface area contributed by atoms with Crippen molar-refractivity contribution < 1.29 is 15.0 Å². The van der Waals surface area contributed by atoms with E-state index in [0.717, 1.165) is 17.7 Å². The predicted octanol–water partition coefficient (Wildman–Crippen LogP) is 2.00. The highest BCUT2D eigenvalue weighted by Crippen LogP contribution is 2.32. The molecule has 4 nitrogen and oxygen atoms in total. The molecule has 0 bridgehead atoms. The summed E-state index contributed by atoms with van der Waals surface area (Å²) in [7, 11) is 0. The minimum Gasteiger partial charge on any atom is -0.508 e. The minimum atomic E-state index is -0.738. The normalized spacial score (nSPS) is 24.3. The number of aryl methyl sites for hydroxylation is 1. The second-order valence-electron chi connectivity index (χ2n) is 5.46. The topological polar surface area (TPSA) is 60.8 Å². The van der Waals surface area contributed by atoms with E-state index in [2.05, 4.69) is 4.90 Å². The van der Waals surface area contributed by atoms with Crippen LogP contribution >= 0.6 is 0 Å². The lowest BCUT2D eigenvalue weighted by Gasteiger charge is -2.20. The van der Waals surface area contributed by atoms with E-state index in [1.54, 1.807) is 13.0 Å². The molecular formula is C14H19NO3. The third kappa shape index (κ3) is 2.48. The van der Waals surface area contributed by atoms with Crippen LogP contribution in [0.3, 0.4) is 0 Å². The van der Waals surface area contributed by atoms with Crippen molar-refractivity contribution in [2.75, 3.05) is 13.1 Å². The molecule has 1 aromatic rings. The highest BCUT2D eigenvalue weighted by Gasteiger charge is 2.40. The number of likely N-dealkylation sites (tertiary alicyclic amines) is 1. The molecule has 1 aliphatic heterocycles. The van der Waals surface area contributed by atoms with Gasteiger partial charge in [0.25, 0.3) is 0 Å². The summed E-state index contributed by atoms with van der Waals surface area (Å²) in [6.45, 7) is 5.67. The number of phenols is 1. The van der Waals surface area contributed by atoms with Crippen LogP contribution in [0.5, 0.6) is 5.75 Å². The Labute approximate surface area is 107 Å². The fraction of sp³-hybridized carbons (Fsp3) is 0.500. The van der Waals surface area contributed by atoms with Crippen molar-refractivity contribution in [3.8, 4) is 5.75 Å². The van der Waals surface area contributed by atoms with E-state index in [9.17, 15) is 15.0 Å². The van der Waals surface area contributed by atoms with Crippen LogP contribution in [0.2, 0.25) is 0 Å². The molecule has 0 amide bonds. The first kappa shape index (κ1) is 12.9. The van der Waals surface area contributed by atoms with Crippen molar-refractivity contribution >= 4 is 5.97 Å². The third-order valence-electron chi connectivity index (χ3n) is 3.70. The molecule has 1 aromatic carbocycles. The van der Waals surface area contributed by atoms with Crippen LogP contribution in [-0.4, -0.2) is 34.2 Å². The van der Waals surface area contributed by atoms with Gasteiger partial charge < -0.3 is 10.2 Å². The standard InChI is InChI=1S/C14H19NO3/c1-10-3-4-12(16)11(7-10)8-15-6-5-14(2,9-15)13(17)18/h3-4,7,16H,5-6,8-9H2,1-2H3,(H,17,18). The number of carboxylic acid groups (broad SMARTS) is 1. The van der Waals surface area contributed by atoms with Gasteiger partial charge in [-0.3, -0.25) is 9.69 Å². The Kier molecular flexibility index (Phi) is 3.30. The van der Waals surface area contributed by atoms with Gasteiger partial charge in [0, 0.05) is 18.7 Å². The molecule has 98 valence electrons. The maximum Gasteiger partial charge on any atom is 0.310 e. The molecule has 1 aliphatic rings. The molecule has 0 radical (unpaired) electrons. The van der Waals surface area contributed by atoms with Crippen LogP contribution in [0, 0.1) is 12.3 Å². The number of nitrogens with zero attached hydrogens (tertiary/aromatic N) is 1. The van der Waals surface area contributed by atoms with Gasteiger partial charge in [0.1, 0.15) is 5.75 Å². The molecule has 1 saturated heterocycles. The number of phenolic OH excluding ortho intramolecular Hbond substituents is 1. The summed E-state index contributed by atoms with van der Waals surface area (Å²) in [5.41, 5.74) is 1.31. The number of aliphatic carboxylic acids is 1. The molecule has 1 heterocycles. The highest BCUT2D eigenvalue weighted by atomic mass is 16.4. The highest BCUT2D eigenvalue weighted by molar-refractivity contribution is 5.74. The maximum absolute atomic E-state index is 11.2. The number of benzene rings is 1. The fourth-order valence-electron chi connectivity index (χ4n) is 2.45. The SMILES string of the molecule is Cc1ccc(O)c(CN2CCC(C)(C(=O)O)C2)c1. The lowest BCUT2D eigenvalue weighted by molar-refractivity contribution is -0.147. The molecule has 4 heteroatoms. The predicted molar refractivity (Wildman–Crippen MR) is 68.5 cm³/mol. The van der Waals surface area contributed by atoms with E-state index in [1.807, 2.05) is 19.1 Å². The van der Waals surface area contributed by atoms with Gasteiger partial charge in [-0.2, -0.15) is 0 Å². The molecule has 2 N–H and O–H groups in total. The van der Waals surface area contributed by atoms with E-state index < -0.39 is 11.4 Å². The number of hydrogen-bond acceptors (Lipinski definition) is 3. The van der Waals surface area contributed by atoms with Crippen molar-refractivity contribution in [2.24, 2.45) is 5.41 Å². The van der Waals surface area contributed by atoms with Crippen molar-refractivity contribution in [2.45, 2.75) is 26.8 Å². The molecule has 0 aliphatic carbocycles. The molecule has 18 heavy (non-hydrogen) atoms. The quantitative estimate of drug-likeness (QED) is 0.860. The maximum atomic E-state index is 11.2. The zero-order valence-corrected chi connectivity index (χ0v) is 10.8. The zero-order valence-electron chi connectivity index (χ0n) is 10.8. The Morgan fingerprint density at radius 3 is 2.83 bits per heavy atom. The lowest BCUT2D eigenvalue weighted by atomic mass is 9.90. The first-order chi connectivity index (χ1) is 8.40. The lowest BCUT2D eigenvalue weighted by Crippen LogP contribution is -2.31. The largest absolute Gasteiger partial charge is 0.508 e. The van der Waals surface area contributed by atoms with E-state index in [1.165, 1.54) is 0 Å². The number of rotatable bonds is 3. The van der Waals surface area contributed by atoms with Gasteiger partial charge in [-0.1, -0.05) is 17.7 Å². The van der Waals surface area contributed by atoms with Crippen LogP contribution < -0.4 is 0 Å². The van der Waals surface area contributed by atoms with E-state index in [0.29, 0.717) is 19.5 Å². The average molecular weight is 249 g/mol. The number of hydrogen-bond donors (Lipinski definition) is 2. The van der Waals surface area contributed by atoms with Crippen LogP contribution in [0.25, 0.3) is 0 Å². The van der Waals surface area contributed by atoms with Crippen LogP contribution in [0.1, 0.15) is 24.5 Å². The smallest absolute Gasteiger partial charge is 0.310 e. The van der Waals surface area contributed by atoms with Crippen molar-refractivity contribution in [3.63, 3.8) is 0 Å². The summed E-state index contributed by atoms with van der Waals surface area (Å²) < 4.78 is 0. The summed E-state index contributed by atoms with van der Waals surface area (Å²) in [5.74, 6) is -0.456. The Morgan fingerprint density at radius 1 is 1.50 bits per heavy atom. The van der Waals surface area contributed by atoms with Crippen molar-refractivity contribution in [1.82, 2.24) is 4.90 Å². The van der Waals surface area contributed by atoms with E-state index in [-0.39, 0.29) is 5.75 Å². The van der Waals surface area contributed by atoms with Gasteiger partial charge in [0.2, 0.25) is 0 Å². The molecule has 1 fully saturated rings. The summed E-state index contributed by atoms with van der Waals surface area (Å²) in [6, 6.07) is 5.51. The Bertz CT molecular complexity index is 472. The molecular weight excluding hydrogens is 230 g/mol. The Morgan fingerprint density at radius 2 is 2.22 bits per heavy atom. The monoisotopic (exact) mass is 249 g/mol. The molecule has 0 aromatic heterocycles.